The van der Waals surface area contributed by atoms with E-state index in [1.165, 1.54) is 12.8 Å². The molecule has 8 heteroatoms. The van der Waals surface area contributed by atoms with Gasteiger partial charge in [0.05, 0.1) is 10.9 Å². The number of nitrogens with zero attached hydrogens (tertiary/aromatic N) is 5. The lowest BCUT2D eigenvalue weighted by Crippen LogP contribution is -2.24. The number of thiophene rings is 1. The molecule has 1 aliphatic rings. The molecule has 1 aliphatic heterocycles. The molecule has 0 N–H and O–H groups in total. The van der Waals surface area contributed by atoms with Gasteiger partial charge in [-0.25, -0.2) is 0 Å². The van der Waals surface area contributed by atoms with Gasteiger partial charge in [0, 0.05) is 25.0 Å². The fourth-order valence-corrected chi connectivity index (χ4v) is 3.59. The molecule has 3 heterocycles. The smallest absolute Gasteiger partial charge is 0.231 e. The Hall–Kier alpha value is -1.11. The van der Waals surface area contributed by atoms with Crippen LogP contribution in [0.3, 0.4) is 0 Å². The lowest BCUT2D eigenvalue weighted by Gasteiger charge is -2.20. The number of aromatic nitrogens is 3. The van der Waals surface area contributed by atoms with Gasteiger partial charge in [-0.3, -0.25) is 0 Å². The zero-order valence-corrected chi connectivity index (χ0v) is 13.9. The van der Waals surface area contributed by atoms with Crippen molar-refractivity contribution in [2.24, 2.45) is 0 Å². The minimum Gasteiger partial charge on any atom is -0.341 e. The second-order valence-electron chi connectivity index (χ2n) is 4.96. The van der Waals surface area contributed by atoms with Crippen LogP contribution >= 0.6 is 34.5 Å². The summed E-state index contributed by atoms with van der Waals surface area (Å²) in [5.41, 5.74) is 0. The van der Waals surface area contributed by atoms with Gasteiger partial charge in [-0.2, -0.15) is 15.0 Å². The van der Waals surface area contributed by atoms with Crippen LogP contribution in [0.15, 0.2) is 12.1 Å². The van der Waals surface area contributed by atoms with Crippen LogP contribution in [0.2, 0.25) is 9.62 Å². The number of rotatable bonds is 4. The molecule has 0 saturated carbocycles. The monoisotopic (exact) mass is 343 g/mol. The largest absolute Gasteiger partial charge is 0.341 e. The van der Waals surface area contributed by atoms with Gasteiger partial charge in [0.1, 0.15) is 0 Å². The second-order valence-corrected chi connectivity index (χ2v) is 7.10. The van der Waals surface area contributed by atoms with Crippen molar-refractivity contribution in [2.75, 3.05) is 29.9 Å². The van der Waals surface area contributed by atoms with E-state index >= 15 is 0 Å². The fourth-order valence-electron chi connectivity index (χ4n) is 2.30. The minimum absolute atomic E-state index is 0.234. The van der Waals surface area contributed by atoms with E-state index in [4.69, 9.17) is 23.2 Å². The summed E-state index contributed by atoms with van der Waals surface area (Å²) in [6.45, 7) is 2.64. The third kappa shape index (κ3) is 3.56. The van der Waals surface area contributed by atoms with E-state index in [2.05, 4.69) is 19.9 Å². The van der Waals surface area contributed by atoms with Crippen LogP contribution in [0.25, 0.3) is 0 Å². The summed E-state index contributed by atoms with van der Waals surface area (Å²) < 4.78 is 0.782. The van der Waals surface area contributed by atoms with Crippen molar-refractivity contribution >= 4 is 46.4 Å². The van der Waals surface area contributed by atoms with E-state index < -0.39 is 0 Å². The normalized spacial score (nSPS) is 14.7. The first-order valence-electron chi connectivity index (χ1n) is 6.74. The first-order valence-corrected chi connectivity index (χ1v) is 8.31. The molecule has 1 fully saturated rings. The van der Waals surface area contributed by atoms with Crippen molar-refractivity contribution in [3.05, 3.63) is 26.6 Å². The summed E-state index contributed by atoms with van der Waals surface area (Å²) in [5.74, 6) is 1.25. The highest BCUT2D eigenvalue weighted by Gasteiger charge is 2.18. The lowest BCUT2D eigenvalue weighted by atomic mass is 10.4. The quantitative estimate of drug-likeness (QED) is 0.850. The number of halogens is 2. The van der Waals surface area contributed by atoms with Crippen molar-refractivity contribution in [3.8, 4) is 0 Å². The Morgan fingerprint density at radius 2 is 1.95 bits per heavy atom. The van der Waals surface area contributed by atoms with Gasteiger partial charge in [-0.05, 0) is 36.6 Å². The van der Waals surface area contributed by atoms with E-state index in [0.29, 0.717) is 18.4 Å². The third-order valence-corrected chi connectivity index (χ3v) is 4.72. The highest BCUT2D eigenvalue weighted by molar-refractivity contribution is 7.16. The second kappa shape index (κ2) is 6.34. The molecule has 0 aliphatic carbocycles. The molecule has 21 heavy (non-hydrogen) atoms. The minimum atomic E-state index is 0.234. The van der Waals surface area contributed by atoms with E-state index in [1.807, 2.05) is 24.1 Å². The third-order valence-electron chi connectivity index (χ3n) is 3.34. The molecule has 0 bridgehead atoms. The molecule has 2 aromatic heterocycles. The molecule has 1 saturated heterocycles. The average Bonchev–Trinajstić information content (AvgIpc) is 3.10. The van der Waals surface area contributed by atoms with Gasteiger partial charge < -0.3 is 9.80 Å². The Morgan fingerprint density at radius 3 is 2.62 bits per heavy atom. The zero-order chi connectivity index (χ0) is 14.8. The van der Waals surface area contributed by atoms with Crippen molar-refractivity contribution in [1.29, 1.82) is 0 Å². The van der Waals surface area contributed by atoms with Crippen LogP contribution in [-0.2, 0) is 6.54 Å². The van der Waals surface area contributed by atoms with E-state index in [-0.39, 0.29) is 5.28 Å². The molecule has 0 spiro atoms. The Kier molecular flexibility index (Phi) is 4.47. The van der Waals surface area contributed by atoms with Crippen LogP contribution in [0, 0.1) is 0 Å². The summed E-state index contributed by atoms with van der Waals surface area (Å²) >= 11 is 13.6. The Labute approximate surface area is 137 Å². The molecule has 112 valence electrons. The zero-order valence-electron chi connectivity index (χ0n) is 11.6. The summed E-state index contributed by atoms with van der Waals surface area (Å²) in [4.78, 5) is 18.2. The SMILES string of the molecule is CN(Cc1ccc(Cl)s1)c1nc(Cl)nc(N2CCCC2)n1. The highest BCUT2D eigenvalue weighted by atomic mass is 35.5. The first-order chi connectivity index (χ1) is 10.1. The van der Waals surface area contributed by atoms with Gasteiger partial charge in [0.25, 0.3) is 0 Å². The Morgan fingerprint density at radius 1 is 1.19 bits per heavy atom. The summed E-state index contributed by atoms with van der Waals surface area (Å²) in [7, 11) is 1.94. The van der Waals surface area contributed by atoms with Crippen LogP contribution < -0.4 is 9.80 Å². The molecule has 3 rings (SSSR count). The summed E-state index contributed by atoms with van der Waals surface area (Å²) in [6, 6.07) is 3.90. The molecule has 0 aromatic carbocycles. The number of hydrogen-bond donors (Lipinski definition) is 0. The van der Waals surface area contributed by atoms with Crippen LogP contribution in [0.1, 0.15) is 17.7 Å². The highest BCUT2D eigenvalue weighted by Crippen LogP contribution is 2.25. The molecule has 0 amide bonds. The van der Waals surface area contributed by atoms with Crippen molar-refractivity contribution in [2.45, 2.75) is 19.4 Å². The van der Waals surface area contributed by atoms with Gasteiger partial charge >= 0.3 is 0 Å². The summed E-state index contributed by atoms with van der Waals surface area (Å²) in [6.07, 6.45) is 2.34. The molecular weight excluding hydrogens is 329 g/mol. The molecular formula is C13H15Cl2N5S. The summed E-state index contributed by atoms with van der Waals surface area (Å²) in [5, 5.41) is 0.234. The van der Waals surface area contributed by atoms with Crippen LogP contribution in [-0.4, -0.2) is 35.1 Å². The molecule has 0 atom stereocenters. The molecule has 2 aromatic rings. The van der Waals surface area contributed by atoms with Crippen LogP contribution in [0.5, 0.6) is 0 Å². The molecule has 5 nitrogen and oxygen atoms in total. The van der Waals surface area contributed by atoms with Crippen molar-refractivity contribution in [3.63, 3.8) is 0 Å². The maximum absolute atomic E-state index is 6.05. The lowest BCUT2D eigenvalue weighted by molar-refractivity contribution is 0.829. The maximum atomic E-state index is 6.05. The average molecular weight is 344 g/mol. The molecule has 0 unspecified atom stereocenters. The number of hydrogen-bond acceptors (Lipinski definition) is 6. The van der Waals surface area contributed by atoms with E-state index in [1.54, 1.807) is 11.3 Å². The Balaban J connectivity index is 1.80. The van der Waals surface area contributed by atoms with E-state index in [9.17, 15) is 0 Å². The predicted octanol–water partition coefficient (Wildman–Crippen LogP) is 3.48. The van der Waals surface area contributed by atoms with Gasteiger partial charge in [-0.1, -0.05) is 11.6 Å². The fraction of sp³-hybridized carbons (Fsp3) is 0.462. The van der Waals surface area contributed by atoms with E-state index in [0.717, 1.165) is 22.3 Å². The topological polar surface area (TPSA) is 45.2 Å². The van der Waals surface area contributed by atoms with Crippen molar-refractivity contribution in [1.82, 2.24) is 15.0 Å². The van der Waals surface area contributed by atoms with Gasteiger partial charge in [0.2, 0.25) is 17.2 Å². The van der Waals surface area contributed by atoms with Gasteiger partial charge in [0.15, 0.2) is 0 Å². The first kappa shape index (κ1) is 14.8. The standard InChI is InChI=1S/C13H15Cl2N5S/c1-19(8-9-4-5-10(14)21-9)12-16-11(15)17-13(18-12)20-6-2-3-7-20/h4-5H,2-3,6-8H2,1H3. The Bertz CT molecular complexity index is 627. The van der Waals surface area contributed by atoms with Crippen molar-refractivity contribution < 1.29 is 0 Å². The number of anilines is 2. The van der Waals surface area contributed by atoms with Crippen LogP contribution in [0.4, 0.5) is 11.9 Å². The van der Waals surface area contributed by atoms with Gasteiger partial charge in [-0.15, -0.1) is 11.3 Å². The maximum Gasteiger partial charge on any atom is 0.231 e. The molecule has 0 radical (unpaired) electrons. The predicted molar refractivity (Wildman–Crippen MR) is 87.7 cm³/mol.